The van der Waals surface area contributed by atoms with Crippen LogP contribution in [-0.2, 0) is 4.79 Å². The molecule has 5 nitrogen and oxygen atoms in total. The first-order chi connectivity index (χ1) is 12.6. The predicted octanol–water partition coefficient (Wildman–Crippen LogP) is 5.05. The van der Waals surface area contributed by atoms with Crippen LogP contribution in [0.5, 0.6) is 11.5 Å². The highest BCUT2D eigenvalue weighted by molar-refractivity contribution is 5.77. The van der Waals surface area contributed by atoms with Crippen LogP contribution in [0, 0.1) is 5.92 Å². The molecule has 0 aliphatic heterocycles. The molecule has 0 amide bonds. The number of nitrogens with zero attached hydrogens (tertiary/aromatic N) is 2. The molecule has 1 unspecified atom stereocenters. The van der Waals surface area contributed by atoms with E-state index in [9.17, 15) is 4.79 Å². The first-order valence-corrected chi connectivity index (χ1v) is 9.38. The Morgan fingerprint density at radius 3 is 2.73 bits per heavy atom. The SMILES string of the molecule is CCCCCC(=O)Oc1ccc(OCC(C)CC)cc1-c1cnccn1. The van der Waals surface area contributed by atoms with Crippen LogP contribution in [0.2, 0.25) is 0 Å². The first kappa shape index (κ1) is 19.9. The van der Waals surface area contributed by atoms with E-state index >= 15 is 0 Å². The van der Waals surface area contributed by atoms with Gasteiger partial charge in [0.15, 0.2) is 0 Å². The fourth-order valence-corrected chi connectivity index (χ4v) is 2.38. The summed E-state index contributed by atoms with van der Waals surface area (Å²) < 4.78 is 11.5. The molecule has 2 rings (SSSR count). The topological polar surface area (TPSA) is 61.3 Å². The van der Waals surface area contributed by atoms with Crippen molar-refractivity contribution in [3.63, 3.8) is 0 Å². The Bertz CT molecular complexity index is 689. The molecule has 0 aliphatic rings. The van der Waals surface area contributed by atoms with Gasteiger partial charge in [0.2, 0.25) is 0 Å². The summed E-state index contributed by atoms with van der Waals surface area (Å²) in [6.45, 7) is 7.04. The fourth-order valence-electron chi connectivity index (χ4n) is 2.38. The van der Waals surface area contributed by atoms with Crippen molar-refractivity contribution >= 4 is 5.97 Å². The highest BCUT2D eigenvalue weighted by atomic mass is 16.5. The number of benzene rings is 1. The van der Waals surface area contributed by atoms with E-state index in [1.54, 1.807) is 24.7 Å². The van der Waals surface area contributed by atoms with Crippen molar-refractivity contribution in [2.45, 2.75) is 52.9 Å². The number of hydrogen-bond donors (Lipinski definition) is 0. The van der Waals surface area contributed by atoms with E-state index in [0.29, 0.717) is 36.0 Å². The molecular weight excluding hydrogens is 328 g/mol. The molecule has 0 radical (unpaired) electrons. The average Bonchev–Trinajstić information content (AvgIpc) is 2.67. The second-order valence-electron chi connectivity index (χ2n) is 6.50. The Morgan fingerprint density at radius 2 is 2.04 bits per heavy atom. The van der Waals surface area contributed by atoms with Crippen LogP contribution >= 0.6 is 0 Å². The highest BCUT2D eigenvalue weighted by Crippen LogP contribution is 2.32. The second kappa shape index (κ2) is 10.5. The molecule has 1 atom stereocenters. The molecule has 0 saturated carbocycles. The number of carbonyl (C=O) groups excluding carboxylic acids is 1. The lowest BCUT2D eigenvalue weighted by Gasteiger charge is -2.14. The fraction of sp³-hybridized carbons (Fsp3) is 0.476. The molecule has 26 heavy (non-hydrogen) atoms. The Kier molecular flexibility index (Phi) is 8.06. The van der Waals surface area contributed by atoms with E-state index in [1.165, 1.54) is 0 Å². The third kappa shape index (κ3) is 6.14. The molecule has 0 aliphatic carbocycles. The van der Waals surface area contributed by atoms with Gasteiger partial charge >= 0.3 is 5.97 Å². The van der Waals surface area contributed by atoms with Crippen LogP contribution in [0.25, 0.3) is 11.3 Å². The van der Waals surface area contributed by atoms with E-state index in [2.05, 4.69) is 30.7 Å². The van der Waals surface area contributed by atoms with Gasteiger partial charge in [0.25, 0.3) is 0 Å². The lowest BCUT2D eigenvalue weighted by atomic mass is 10.1. The van der Waals surface area contributed by atoms with E-state index in [1.807, 2.05) is 12.1 Å². The van der Waals surface area contributed by atoms with Crippen molar-refractivity contribution in [2.24, 2.45) is 5.92 Å². The van der Waals surface area contributed by atoms with Gasteiger partial charge in [-0.25, -0.2) is 0 Å². The van der Waals surface area contributed by atoms with Gasteiger partial charge in [-0.05, 0) is 30.5 Å². The molecular formula is C21H28N2O3. The Balaban J connectivity index is 2.19. The van der Waals surface area contributed by atoms with E-state index in [-0.39, 0.29) is 5.97 Å². The lowest BCUT2D eigenvalue weighted by Crippen LogP contribution is -2.09. The molecule has 0 saturated heterocycles. The average molecular weight is 356 g/mol. The van der Waals surface area contributed by atoms with Gasteiger partial charge in [0, 0.05) is 24.4 Å². The molecule has 0 N–H and O–H groups in total. The zero-order chi connectivity index (χ0) is 18.8. The third-order valence-electron chi connectivity index (χ3n) is 4.23. The smallest absolute Gasteiger partial charge is 0.311 e. The van der Waals surface area contributed by atoms with Gasteiger partial charge in [-0.15, -0.1) is 0 Å². The van der Waals surface area contributed by atoms with Gasteiger partial charge in [-0.1, -0.05) is 40.0 Å². The summed E-state index contributed by atoms with van der Waals surface area (Å²) >= 11 is 0. The van der Waals surface area contributed by atoms with Crippen LogP contribution in [0.4, 0.5) is 0 Å². The van der Waals surface area contributed by atoms with Crippen LogP contribution in [0.15, 0.2) is 36.8 Å². The summed E-state index contributed by atoms with van der Waals surface area (Å²) in [6.07, 6.45) is 9.30. The minimum Gasteiger partial charge on any atom is -0.493 e. The van der Waals surface area contributed by atoms with Crippen molar-refractivity contribution in [3.05, 3.63) is 36.8 Å². The maximum Gasteiger partial charge on any atom is 0.311 e. The quantitative estimate of drug-likeness (QED) is 0.338. The van der Waals surface area contributed by atoms with Crippen molar-refractivity contribution in [3.8, 4) is 22.8 Å². The Morgan fingerprint density at radius 1 is 1.19 bits per heavy atom. The number of aromatic nitrogens is 2. The molecule has 140 valence electrons. The van der Waals surface area contributed by atoms with Crippen LogP contribution in [-0.4, -0.2) is 22.5 Å². The van der Waals surface area contributed by atoms with Crippen molar-refractivity contribution < 1.29 is 14.3 Å². The molecule has 5 heteroatoms. The van der Waals surface area contributed by atoms with E-state index < -0.39 is 0 Å². The number of esters is 1. The molecule has 1 aromatic heterocycles. The van der Waals surface area contributed by atoms with Gasteiger partial charge in [-0.3, -0.25) is 14.8 Å². The highest BCUT2D eigenvalue weighted by Gasteiger charge is 2.14. The van der Waals surface area contributed by atoms with E-state index in [0.717, 1.165) is 31.4 Å². The van der Waals surface area contributed by atoms with E-state index in [4.69, 9.17) is 9.47 Å². The van der Waals surface area contributed by atoms with Crippen LogP contribution < -0.4 is 9.47 Å². The normalized spacial score (nSPS) is 11.8. The summed E-state index contributed by atoms with van der Waals surface area (Å²) in [7, 11) is 0. The summed E-state index contributed by atoms with van der Waals surface area (Å²) in [5.41, 5.74) is 1.36. The number of rotatable bonds is 10. The van der Waals surface area contributed by atoms with Gasteiger partial charge in [0.05, 0.1) is 18.5 Å². The Hall–Kier alpha value is -2.43. The number of carbonyl (C=O) groups is 1. The molecule has 2 aromatic rings. The predicted molar refractivity (Wildman–Crippen MR) is 102 cm³/mol. The minimum atomic E-state index is -0.225. The summed E-state index contributed by atoms with van der Waals surface area (Å²) in [6, 6.07) is 5.46. The number of ether oxygens (including phenoxy) is 2. The third-order valence-corrected chi connectivity index (χ3v) is 4.23. The minimum absolute atomic E-state index is 0.225. The zero-order valence-electron chi connectivity index (χ0n) is 15.9. The molecule has 0 spiro atoms. The van der Waals surface area contributed by atoms with Gasteiger partial charge < -0.3 is 9.47 Å². The second-order valence-corrected chi connectivity index (χ2v) is 6.50. The zero-order valence-corrected chi connectivity index (χ0v) is 15.9. The monoisotopic (exact) mass is 356 g/mol. The van der Waals surface area contributed by atoms with Crippen molar-refractivity contribution in [1.29, 1.82) is 0 Å². The summed E-state index contributed by atoms with van der Waals surface area (Å²) in [5.74, 6) is 1.47. The largest absolute Gasteiger partial charge is 0.493 e. The molecule has 1 aromatic carbocycles. The standard InChI is InChI=1S/C21H28N2O3/c1-4-6-7-8-21(24)26-20-10-9-17(25-15-16(3)5-2)13-18(20)19-14-22-11-12-23-19/h9-14,16H,4-8,15H2,1-3H3. The lowest BCUT2D eigenvalue weighted by molar-refractivity contribution is -0.134. The Labute approximate surface area is 155 Å². The maximum absolute atomic E-state index is 12.1. The maximum atomic E-state index is 12.1. The van der Waals surface area contributed by atoms with Gasteiger partial charge in [-0.2, -0.15) is 0 Å². The van der Waals surface area contributed by atoms with Crippen LogP contribution in [0.1, 0.15) is 52.9 Å². The van der Waals surface area contributed by atoms with Crippen LogP contribution in [0.3, 0.4) is 0 Å². The first-order valence-electron chi connectivity index (χ1n) is 9.38. The van der Waals surface area contributed by atoms with Gasteiger partial charge in [0.1, 0.15) is 11.5 Å². The number of unbranched alkanes of at least 4 members (excludes halogenated alkanes) is 2. The van der Waals surface area contributed by atoms with Crippen molar-refractivity contribution in [2.75, 3.05) is 6.61 Å². The summed E-state index contributed by atoms with van der Waals surface area (Å²) in [5, 5.41) is 0. The molecule has 0 fully saturated rings. The molecule has 1 heterocycles. The van der Waals surface area contributed by atoms with Crippen molar-refractivity contribution in [1.82, 2.24) is 9.97 Å². The molecule has 0 bridgehead atoms. The number of hydrogen-bond acceptors (Lipinski definition) is 5. The summed E-state index contributed by atoms with van der Waals surface area (Å²) in [4.78, 5) is 20.6.